The lowest BCUT2D eigenvalue weighted by Gasteiger charge is -2.28. The summed E-state index contributed by atoms with van der Waals surface area (Å²) in [7, 11) is 0. The van der Waals surface area contributed by atoms with E-state index in [-0.39, 0.29) is 29.9 Å². The molecule has 0 radical (unpaired) electrons. The van der Waals surface area contributed by atoms with Gasteiger partial charge in [-0.2, -0.15) is 13.2 Å². The molecule has 1 atom stereocenters. The quantitative estimate of drug-likeness (QED) is 0.750. The molecule has 7 heteroatoms. The molecule has 0 fully saturated rings. The zero-order chi connectivity index (χ0) is 21.0. The number of ether oxygens (including phenoxy) is 1. The van der Waals surface area contributed by atoms with Crippen LogP contribution in [0.15, 0.2) is 71.5 Å². The molecule has 0 saturated carbocycles. The van der Waals surface area contributed by atoms with Crippen LogP contribution in [0, 0.1) is 0 Å². The average molecular weight is 403 g/mol. The Bertz CT molecular complexity index is 939. The van der Waals surface area contributed by atoms with Gasteiger partial charge in [0.1, 0.15) is 6.61 Å². The summed E-state index contributed by atoms with van der Waals surface area (Å²) in [4.78, 5) is 24.8. The molecule has 1 aromatic carbocycles. The van der Waals surface area contributed by atoms with Crippen molar-refractivity contribution < 1.29 is 27.5 Å². The number of rotatable bonds is 4. The van der Waals surface area contributed by atoms with Crippen LogP contribution >= 0.6 is 0 Å². The number of allylic oxidation sites excluding steroid dienone is 5. The SMILES string of the molecule is CC1=C(C(=O)OCC2=CCC=CC=C2)C(c2ccccc2C(F)(F)F)CC(=O)N1. The highest BCUT2D eigenvalue weighted by atomic mass is 19.4. The summed E-state index contributed by atoms with van der Waals surface area (Å²) in [6, 6.07) is 5.00. The van der Waals surface area contributed by atoms with Crippen molar-refractivity contribution in [3.8, 4) is 0 Å². The first-order valence-corrected chi connectivity index (χ1v) is 9.13. The predicted octanol–water partition coefficient (Wildman–Crippen LogP) is 4.57. The third-order valence-corrected chi connectivity index (χ3v) is 4.77. The minimum atomic E-state index is -4.60. The van der Waals surface area contributed by atoms with Crippen molar-refractivity contribution in [1.29, 1.82) is 0 Å². The Morgan fingerprint density at radius 3 is 2.76 bits per heavy atom. The molecule has 1 amide bonds. The van der Waals surface area contributed by atoms with E-state index in [9.17, 15) is 22.8 Å². The highest BCUT2D eigenvalue weighted by Crippen LogP contribution is 2.41. The summed E-state index contributed by atoms with van der Waals surface area (Å²) in [5.41, 5.74) is 0.0591. The number of hydrogen-bond donors (Lipinski definition) is 1. The first-order chi connectivity index (χ1) is 13.8. The fourth-order valence-corrected chi connectivity index (χ4v) is 3.45. The van der Waals surface area contributed by atoms with Crippen molar-refractivity contribution in [2.24, 2.45) is 0 Å². The smallest absolute Gasteiger partial charge is 0.416 e. The summed E-state index contributed by atoms with van der Waals surface area (Å²) in [5, 5.41) is 2.54. The van der Waals surface area contributed by atoms with Gasteiger partial charge < -0.3 is 10.1 Å². The maximum atomic E-state index is 13.5. The van der Waals surface area contributed by atoms with Crippen LogP contribution < -0.4 is 5.32 Å². The van der Waals surface area contributed by atoms with Crippen molar-refractivity contribution in [3.63, 3.8) is 0 Å². The van der Waals surface area contributed by atoms with Gasteiger partial charge in [0.2, 0.25) is 5.91 Å². The van der Waals surface area contributed by atoms with Crippen LogP contribution in [0.5, 0.6) is 0 Å². The number of carbonyl (C=O) groups excluding carboxylic acids is 2. The molecule has 0 aromatic heterocycles. The van der Waals surface area contributed by atoms with Gasteiger partial charge in [0, 0.05) is 18.0 Å². The number of carbonyl (C=O) groups is 2. The Hall–Kier alpha value is -3.09. The second kappa shape index (κ2) is 8.51. The molecule has 3 rings (SSSR count). The molecular formula is C22H20F3NO3. The highest BCUT2D eigenvalue weighted by molar-refractivity contribution is 5.96. The van der Waals surface area contributed by atoms with Crippen molar-refractivity contribution >= 4 is 11.9 Å². The molecule has 1 heterocycles. The van der Waals surface area contributed by atoms with Gasteiger partial charge in [0.05, 0.1) is 11.1 Å². The summed E-state index contributed by atoms with van der Waals surface area (Å²) in [6.07, 6.45) is 5.17. The van der Waals surface area contributed by atoms with Gasteiger partial charge in [0.15, 0.2) is 0 Å². The number of benzene rings is 1. The molecule has 2 aliphatic rings. The molecule has 29 heavy (non-hydrogen) atoms. The van der Waals surface area contributed by atoms with Crippen LogP contribution in [0.1, 0.15) is 36.8 Å². The van der Waals surface area contributed by atoms with Crippen LogP contribution in [0.3, 0.4) is 0 Å². The number of nitrogens with one attached hydrogen (secondary N) is 1. The molecule has 4 nitrogen and oxygen atoms in total. The summed E-state index contributed by atoms with van der Waals surface area (Å²) in [5.74, 6) is -2.22. The number of hydrogen-bond acceptors (Lipinski definition) is 3. The maximum Gasteiger partial charge on any atom is 0.416 e. The zero-order valence-corrected chi connectivity index (χ0v) is 15.8. The van der Waals surface area contributed by atoms with Gasteiger partial charge in [-0.05, 0) is 30.5 Å². The van der Waals surface area contributed by atoms with Crippen LogP contribution in [0.4, 0.5) is 13.2 Å². The summed E-state index contributed by atoms with van der Waals surface area (Å²) < 4.78 is 45.9. The van der Waals surface area contributed by atoms with Crippen molar-refractivity contribution in [2.75, 3.05) is 6.61 Å². The van der Waals surface area contributed by atoms with E-state index in [0.717, 1.165) is 11.6 Å². The lowest BCUT2D eigenvalue weighted by atomic mass is 9.82. The van der Waals surface area contributed by atoms with Gasteiger partial charge in [-0.1, -0.05) is 48.6 Å². The van der Waals surface area contributed by atoms with E-state index in [1.54, 1.807) is 6.08 Å². The predicted molar refractivity (Wildman–Crippen MR) is 102 cm³/mol. The largest absolute Gasteiger partial charge is 0.457 e. The van der Waals surface area contributed by atoms with Crippen molar-refractivity contribution in [1.82, 2.24) is 5.32 Å². The van der Waals surface area contributed by atoms with E-state index < -0.39 is 29.5 Å². The number of esters is 1. The third-order valence-electron chi connectivity index (χ3n) is 4.77. The normalized spacial score (nSPS) is 19.5. The standard InChI is InChI=1S/C22H20F3NO3/c1-14-20(21(28)29-13-15-8-4-2-3-5-9-15)17(12-19(27)26-14)16-10-6-7-11-18(16)22(23,24)25/h2-4,6-11,17H,5,12-13H2,1H3,(H,26,27). The monoisotopic (exact) mass is 403 g/mol. The zero-order valence-electron chi connectivity index (χ0n) is 15.8. The third kappa shape index (κ3) is 4.85. The molecule has 1 N–H and O–H groups in total. The average Bonchev–Trinajstić information content (AvgIpc) is 2.93. The number of halogens is 3. The van der Waals surface area contributed by atoms with E-state index in [2.05, 4.69) is 5.32 Å². The molecule has 152 valence electrons. The topological polar surface area (TPSA) is 55.4 Å². The van der Waals surface area contributed by atoms with E-state index in [0.29, 0.717) is 6.42 Å². The Morgan fingerprint density at radius 2 is 2.00 bits per heavy atom. The lowest BCUT2D eigenvalue weighted by Crippen LogP contribution is -2.35. The van der Waals surface area contributed by atoms with Gasteiger partial charge in [-0.25, -0.2) is 4.79 Å². The second-order valence-electron chi connectivity index (χ2n) is 6.81. The van der Waals surface area contributed by atoms with E-state index >= 15 is 0 Å². The van der Waals surface area contributed by atoms with E-state index in [1.165, 1.54) is 25.1 Å². The van der Waals surface area contributed by atoms with Gasteiger partial charge in [-0.15, -0.1) is 0 Å². The molecule has 1 unspecified atom stereocenters. The lowest BCUT2D eigenvalue weighted by molar-refractivity contribution is -0.141. The molecule has 1 aliphatic carbocycles. The number of amides is 1. The Labute approximate surface area is 166 Å². The molecule has 0 bridgehead atoms. The van der Waals surface area contributed by atoms with Crippen molar-refractivity contribution in [3.05, 3.63) is 82.6 Å². The molecule has 1 aliphatic heterocycles. The maximum absolute atomic E-state index is 13.5. The Kier molecular flexibility index (Phi) is 6.06. The fraction of sp³-hybridized carbons (Fsp3) is 0.273. The van der Waals surface area contributed by atoms with Crippen LogP contribution in [-0.4, -0.2) is 18.5 Å². The van der Waals surface area contributed by atoms with Gasteiger partial charge in [-0.3, -0.25) is 4.79 Å². The van der Waals surface area contributed by atoms with Gasteiger partial charge >= 0.3 is 12.1 Å². The Balaban J connectivity index is 1.91. The molecule has 1 aromatic rings. The second-order valence-corrected chi connectivity index (χ2v) is 6.81. The van der Waals surface area contributed by atoms with E-state index in [4.69, 9.17) is 4.74 Å². The fourth-order valence-electron chi connectivity index (χ4n) is 3.45. The van der Waals surface area contributed by atoms with Crippen molar-refractivity contribution in [2.45, 2.75) is 31.9 Å². The van der Waals surface area contributed by atoms with Gasteiger partial charge in [0.25, 0.3) is 0 Å². The first-order valence-electron chi connectivity index (χ1n) is 9.13. The van der Waals surface area contributed by atoms with Crippen LogP contribution in [-0.2, 0) is 20.5 Å². The number of alkyl halides is 3. The molecule has 0 spiro atoms. The highest BCUT2D eigenvalue weighted by Gasteiger charge is 2.40. The summed E-state index contributed by atoms with van der Waals surface area (Å²) >= 11 is 0. The molecule has 0 saturated heterocycles. The van der Waals surface area contributed by atoms with Crippen LogP contribution in [0.2, 0.25) is 0 Å². The van der Waals surface area contributed by atoms with Crippen LogP contribution in [0.25, 0.3) is 0 Å². The summed E-state index contributed by atoms with van der Waals surface area (Å²) in [6.45, 7) is 1.49. The molecular weight excluding hydrogens is 383 g/mol. The first kappa shape index (κ1) is 20.6. The minimum Gasteiger partial charge on any atom is -0.457 e. The van der Waals surface area contributed by atoms with E-state index in [1.807, 2.05) is 24.3 Å². The minimum absolute atomic E-state index is 0.00459. The Morgan fingerprint density at radius 1 is 1.24 bits per heavy atom.